The van der Waals surface area contributed by atoms with E-state index < -0.39 is 0 Å². The molecule has 0 radical (unpaired) electrons. The van der Waals surface area contributed by atoms with Gasteiger partial charge in [-0.05, 0) is 54.3 Å². The summed E-state index contributed by atoms with van der Waals surface area (Å²) in [5.74, 6) is -0.371. The van der Waals surface area contributed by atoms with Crippen LogP contribution in [-0.2, 0) is 12.8 Å². The van der Waals surface area contributed by atoms with Crippen molar-refractivity contribution in [3.05, 3.63) is 69.4 Å². The van der Waals surface area contributed by atoms with Gasteiger partial charge in [0.2, 0.25) is 0 Å². The van der Waals surface area contributed by atoms with Crippen molar-refractivity contribution in [2.24, 2.45) is 0 Å². The van der Waals surface area contributed by atoms with E-state index in [2.05, 4.69) is 10.6 Å². The molecule has 0 atom stereocenters. The molecule has 2 N–H and O–H groups in total. The summed E-state index contributed by atoms with van der Waals surface area (Å²) in [7, 11) is 0. The van der Waals surface area contributed by atoms with E-state index in [0.29, 0.717) is 14.9 Å². The highest BCUT2D eigenvalue weighted by Gasteiger charge is 2.17. The second-order valence-electron chi connectivity index (χ2n) is 5.82. The topological polar surface area (TPSA) is 71.3 Å². The molecule has 0 spiro atoms. The zero-order valence-electron chi connectivity index (χ0n) is 15.0. The van der Waals surface area contributed by atoms with Gasteiger partial charge in [0.15, 0.2) is 5.76 Å². The third-order valence-electron chi connectivity index (χ3n) is 4.13. The van der Waals surface area contributed by atoms with Gasteiger partial charge < -0.3 is 15.1 Å². The van der Waals surface area contributed by atoms with Gasteiger partial charge in [-0.15, -0.1) is 11.3 Å². The normalized spacial score (nSPS) is 10.6. The van der Waals surface area contributed by atoms with E-state index in [0.717, 1.165) is 29.7 Å². The lowest BCUT2D eigenvalue weighted by atomic mass is 10.0. The second-order valence-corrected chi connectivity index (χ2v) is 7.31. The number of anilines is 2. The monoisotopic (exact) mass is 402 g/mol. The van der Waals surface area contributed by atoms with Crippen LogP contribution in [0.1, 0.15) is 45.2 Å². The van der Waals surface area contributed by atoms with E-state index >= 15 is 0 Å². The average molecular weight is 403 g/mol. The molecule has 3 rings (SSSR count). The molecule has 3 aromatic rings. The predicted octanol–water partition coefficient (Wildman–Crippen LogP) is 5.62. The molecule has 1 aromatic carbocycles. The minimum atomic E-state index is -0.356. The molecule has 0 aliphatic heterocycles. The summed E-state index contributed by atoms with van der Waals surface area (Å²) in [6, 6.07) is 10.4. The van der Waals surface area contributed by atoms with E-state index in [9.17, 15) is 9.59 Å². The minimum absolute atomic E-state index is 0.216. The molecular formula is C20H19ClN2O3S. The molecule has 2 amide bonds. The lowest BCUT2D eigenvalue weighted by Crippen LogP contribution is -2.14. The number of amides is 2. The van der Waals surface area contributed by atoms with E-state index in [-0.39, 0.29) is 17.6 Å². The van der Waals surface area contributed by atoms with Crippen LogP contribution in [0.4, 0.5) is 10.7 Å². The van der Waals surface area contributed by atoms with Crippen LogP contribution in [-0.4, -0.2) is 11.8 Å². The summed E-state index contributed by atoms with van der Waals surface area (Å²) in [4.78, 5) is 25.2. The Morgan fingerprint density at radius 3 is 2.52 bits per heavy atom. The van der Waals surface area contributed by atoms with Crippen LogP contribution in [0, 0.1) is 0 Å². The molecule has 0 saturated heterocycles. The Labute approximate surface area is 166 Å². The number of rotatable bonds is 6. The van der Waals surface area contributed by atoms with Gasteiger partial charge in [-0.3, -0.25) is 9.59 Å². The van der Waals surface area contributed by atoms with Crippen LogP contribution < -0.4 is 10.6 Å². The summed E-state index contributed by atoms with van der Waals surface area (Å²) in [6.45, 7) is 4.04. The smallest absolute Gasteiger partial charge is 0.291 e. The quantitative estimate of drug-likeness (QED) is 0.561. The molecule has 2 heterocycles. The van der Waals surface area contributed by atoms with Crippen molar-refractivity contribution in [2.45, 2.75) is 26.7 Å². The van der Waals surface area contributed by atoms with Gasteiger partial charge >= 0.3 is 0 Å². The molecule has 2 aromatic heterocycles. The molecule has 0 bridgehead atoms. The SMILES string of the molecule is CCc1ccc(Cl)c(CC)c1NC(=O)c1ccc(NC(=O)c2ccco2)s1. The Kier molecular flexibility index (Phi) is 5.98. The van der Waals surface area contributed by atoms with Crippen LogP contribution in [0.2, 0.25) is 5.02 Å². The van der Waals surface area contributed by atoms with Crippen molar-refractivity contribution in [3.8, 4) is 0 Å². The van der Waals surface area contributed by atoms with Crippen LogP contribution in [0.25, 0.3) is 0 Å². The van der Waals surface area contributed by atoms with Gasteiger partial charge in [-0.2, -0.15) is 0 Å². The fourth-order valence-corrected chi connectivity index (χ4v) is 3.84. The van der Waals surface area contributed by atoms with E-state index in [4.69, 9.17) is 16.0 Å². The molecule has 0 aliphatic rings. The minimum Gasteiger partial charge on any atom is -0.459 e. The largest absolute Gasteiger partial charge is 0.459 e. The molecular weight excluding hydrogens is 384 g/mol. The first-order chi connectivity index (χ1) is 13.0. The number of halogens is 1. The third-order valence-corrected chi connectivity index (χ3v) is 5.48. The molecule has 0 saturated carbocycles. The van der Waals surface area contributed by atoms with Crippen LogP contribution in [0.3, 0.4) is 0 Å². The van der Waals surface area contributed by atoms with E-state index in [1.165, 1.54) is 17.6 Å². The second kappa shape index (κ2) is 8.41. The van der Waals surface area contributed by atoms with Gasteiger partial charge in [0, 0.05) is 10.7 Å². The predicted molar refractivity (Wildman–Crippen MR) is 109 cm³/mol. The zero-order chi connectivity index (χ0) is 19.4. The number of aryl methyl sites for hydroxylation is 1. The van der Waals surface area contributed by atoms with Crippen molar-refractivity contribution >= 4 is 45.4 Å². The third kappa shape index (κ3) is 4.23. The summed E-state index contributed by atoms with van der Waals surface area (Å²) < 4.78 is 5.06. The summed E-state index contributed by atoms with van der Waals surface area (Å²) >= 11 is 7.49. The van der Waals surface area contributed by atoms with Gasteiger partial charge in [-0.25, -0.2) is 0 Å². The van der Waals surface area contributed by atoms with E-state index in [1.54, 1.807) is 24.3 Å². The first kappa shape index (κ1) is 19.2. The maximum atomic E-state index is 12.7. The molecule has 0 aliphatic carbocycles. The maximum absolute atomic E-state index is 12.7. The summed E-state index contributed by atoms with van der Waals surface area (Å²) in [6.07, 6.45) is 2.94. The maximum Gasteiger partial charge on any atom is 0.291 e. The molecule has 7 heteroatoms. The van der Waals surface area contributed by atoms with Crippen molar-refractivity contribution < 1.29 is 14.0 Å². The number of benzene rings is 1. The van der Waals surface area contributed by atoms with Crippen molar-refractivity contribution in [1.82, 2.24) is 0 Å². The van der Waals surface area contributed by atoms with Crippen molar-refractivity contribution in [2.75, 3.05) is 10.6 Å². The summed E-state index contributed by atoms with van der Waals surface area (Å²) in [5.41, 5.74) is 2.73. The number of hydrogen-bond donors (Lipinski definition) is 2. The van der Waals surface area contributed by atoms with Gasteiger partial charge in [-0.1, -0.05) is 31.5 Å². The highest BCUT2D eigenvalue weighted by atomic mass is 35.5. The number of carbonyl (C=O) groups is 2. The Balaban J connectivity index is 1.77. The van der Waals surface area contributed by atoms with Crippen molar-refractivity contribution in [1.29, 1.82) is 0 Å². The highest BCUT2D eigenvalue weighted by Crippen LogP contribution is 2.31. The lowest BCUT2D eigenvalue weighted by molar-refractivity contribution is 0.0995. The van der Waals surface area contributed by atoms with Crippen molar-refractivity contribution in [3.63, 3.8) is 0 Å². The van der Waals surface area contributed by atoms with Gasteiger partial charge in [0.1, 0.15) is 0 Å². The Hall–Kier alpha value is -2.57. The number of furan rings is 1. The number of carbonyl (C=O) groups excluding carboxylic acids is 2. The van der Waals surface area contributed by atoms with Crippen LogP contribution in [0.15, 0.2) is 47.1 Å². The van der Waals surface area contributed by atoms with Crippen LogP contribution >= 0.6 is 22.9 Å². The molecule has 140 valence electrons. The average Bonchev–Trinajstić information content (AvgIpc) is 3.34. The van der Waals surface area contributed by atoms with Gasteiger partial charge in [0.25, 0.3) is 11.8 Å². The number of thiophene rings is 1. The fourth-order valence-electron chi connectivity index (χ4n) is 2.75. The molecule has 0 unspecified atom stereocenters. The Morgan fingerprint density at radius 2 is 1.85 bits per heavy atom. The standard InChI is InChI=1S/C20H19ClN2O3S/c1-3-12-7-8-14(21)13(4-2)18(12)23-20(25)16-9-10-17(27-16)22-19(24)15-6-5-11-26-15/h5-11H,3-4H2,1-2H3,(H,22,24)(H,23,25). The van der Waals surface area contributed by atoms with E-state index in [1.807, 2.05) is 26.0 Å². The first-order valence-corrected chi connectivity index (χ1v) is 9.79. The van der Waals surface area contributed by atoms with Crippen LogP contribution in [0.5, 0.6) is 0 Å². The lowest BCUT2D eigenvalue weighted by Gasteiger charge is -2.15. The number of nitrogens with one attached hydrogen (secondary N) is 2. The molecule has 5 nitrogen and oxygen atoms in total. The first-order valence-electron chi connectivity index (χ1n) is 8.59. The molecule has 0 fully saturated rings. The van der Waals surface area contributed by atoms with Gasteiger partial charge in [0.05, 0.1) is 16.1 Å². The Bertz CT molecular complexity index is 964. The summed E-state index contributed by atoms with van der Waals surface area (Å²) in [5, 5.41) is 6.92. The highest BCUT2D eigenvalue weighted by molar-refractivity contribution is 7.18. The fraction of sp³-hybridized carbons (Fsp3) is 0.200. The molecule has 27 heavy (non-hydrogen) atoms. The zero-order valence-corrected chi connectivity index (χ0v) is 16.5. The number of hydrogen-bond acceptors (Lipinski definition) is 4. The Morgan fingerprint density at radius 1 is 1.04 bits per heavy atom.